The molecule has 0 rings (SSSR count). The molecule has 136 valence electrons. The molecule has 0 unspecified atom stereocenters. The van der Waals surface area contributed by atoms with Crippen LogP contribution in [0.5, 0.6) is 0 Å². The number of hydrogen-bond donors (Lipinski definition) is 0. The molecule has 0 N–H and O–H groups in total. The molecule has 0 spiro atoms. The highest BCUT2D eigenvalue weighted by Crippen LogP contribution is 2.12. The highest BCUT2D eigenvalue weighted by Gasteiger charge is 2.02. The van der Waals surface area contributed by atoms with Crippen molar-refractivity contribution in [2.75, 3.05) is 0 Å². The fraction of sp³-hybridized carbons (Fsp3) is 0.600. The second kappa shape index (κ2) is 14.7. The second-order valence-corrected chi connectivity index (χ2v) is 5.67. The molecule has 0 aromatic heterocycles. The maximum Gasteiger partial charge on any atom is 0.335 e. The third-order valence-electron chi connectivity index (χ3n) is 3.65. The van der Waals surface area contributed by atoms with Crippen LogP contribution >= 0.6 is 0 Å². The standard InChI is InChI=1S/C20H32O4/c1-5-9-11-17(7-3)15-23-19(21)13-14-20(22)24-16-18(8-4)12-10-6-2/h13-16H,5-12H2,1-4H3/b14-13-,17-15+,18-16+. The van der Waals surface area contributed by atoms with Gasteiger partial charge in [-0.2, -0.15) is 0 Å². The van der Waals surface area contributed by atoms with Gasteiger partial charge in [-0.05, 0) is 49.7 Å². The summed E-state index contributed by atoms with van der Waals surface area (Å²) in [5, 5.41) is 0. The van der Waals surface area contributed by atoms with Crippen molar-refractivity contribution in [1.82, 2.24) is 0 Å². The van der Waals surface area contributed by atoms with E-state index in [1.807, 2.05) is 13.8 Å². The van der Waals surface area contributed by atoms with Crippen molar-refractivity contribution in [2.45, 2.75) is 79.1 Å². The van der Waals surface area contributed by atoms with Gasteiger partial charge < -0.3 is 9.47 Å². The van der Waals surface area contributed by atoms with Gasteiger partial charge in [0.2, 0.25) is 0 Å². The van der Waals surface area contributed by atoms with Gasteiger partial charge in [-0.15, -0.1) is 0 Å². The van der Waals surface area contributed by atoms with E-state index in [1.54, 1.807) is 0 Å². The van der Waals surface area contributed by atoms with Crippen LogP contribution in [0, 0.1) is 0 Å². The monoisotopic (exact) mass is 336 g/mol. The maximum atomic E-state index is 11.6. The number of rotatable bonds is 12. The zero-order valence-electron chi connectivity index (χ0n) is 15.6. The fourth-order valence-electron chi connectivity index (χ4n) is 1.94. The summed E-state index contributed by atoms with van der Waals surface area (Å²) in [6.07, 6.45) is 13.1. The van der Waals surface area contributed by atoms with Gasteiger partial charge in [0, 0.05) is 12.2 Å². The van der Waals surface area contributed by atoms with Gasteiger partial charge in [0.05, 0.1) is 12.5 Å². The zero-order chi connectivity index (χ0) is 18.2. The quantitative estimate of drug-likeness (QED) is 0.264. The third kappa shape index (κ3) is 11.7. The summed E-state index contributed by atoms with van der Waals surface area (Å²) >= 11 is 0. The number of unbranched alkanes of at least 4 members (excludes halogenated alkanes) is 2. The van der Waals surface area contributed by atoms with E-state index in [2.05, 4.69) is 13.8 Å². The molecule has 0 aliphatic heterocycles. The number of hydrogen-bond acceptors (Lipinski definition) is 4. The van der Waals surface area contributed by atoms with Crippen molar-refractivity contribution in [1.29, 1.82) is 0 Å². The van der Waals surface area contributed by atoms with Crippen LogP contribution in [0.25, 0.3) is 0 Å². The van der Waals surface area contributed by atoms with Crippen LogP contribution in [0.3, 0.4) is 0 Å². The van der Waals surface area contributed by atoms with Gasteiger partial charge in [0.15, 0.2) is 0 Å². The molecule has 0 aliphatic rings. The van der Waals surface area contributed by atoms with E-state index >= 15 is 0 Å². The molecular weight excluding hydrogens is 304 g/mol. The zero-order valence-corrected chi connectivity index (χ0v) is 15.6. The summed E-state index contributed by atoms with van der Waals surface area (Å²) in [5.74, 6) is -1.14. The molecule has 0 heterocycles. The first-order valence-electron chi connectivity index (χ1n) is 9.02. The molecular formula is C20H32O4. The highest BCUT2D eigenvalue weighted by atomic mass is 16.5. The normalized spacial score (nSPS) is 12.5. The Labute approximate surface area is 146 Å². The number of ether oxygens (including phenoxy) is 2. The Hall–Kier alpha value is -1.84. The van der Waals surface area contributed by atoms with Crippen molar-refractivity contribution in [3.8, 4) is 0 Å². The lowest BCUT2D eigenvalue weighted by Crippen LogP contribution is -2.00. The summed E-state index contributed by atoms with van der Waals surface area (Å²) in [7, 11) is 0. The lowest BCUT2D eigenvalue weighted by Gasteiger charge is -2.03. The minimum Gasteiger partial charge on any atom is -0.431 e. The molecule has 0 saturated heterocycles. The number of carbonyl (C=O) groups is 2. The van der Waals surface area contributed by atoms with Crippen molar-refractivity contribution in [3.63, 3.8) is 0 Å². The van der Waals surface area contributed by atoms with E-state index in [0.717, 1.165) is 74.7 Å². The molecule has 0 aromatic carbocycles. The largest absolute Gasteiger partial charge is 0.431 e. The topological polar surface area (TPSA) is 52.6 Å². The summed E-state index contributed by atoms with van der Waals surface area (Å²) in [6.45, 7) is 8.29. The Kier molecular flexibility index (Phi) is 13.6. The molecule has 0 amide bonds. The van der Waals surface area contributed by atoms with Crippen molar-refractivity contribution >= 4 is 11.9 Å². The number of carbonyl (C=O) groups excluding carboxylic acids is 2. The molecule has 0 aliphatic carbocycles. The molecule has 24 heavy (non-hydrogen) atoms. The highest BCUT2D eigenvalue weighted by molar-refractivity contribution is 5.92. The summed E-state index contributed by atoms with van der Waals surface area (Å²) < 4.78 is 10.1. The minimum atomic E-state index is -0.569. The first kappa shape index (κ1) is 22.2. The molecule has 0 aromatic rings. The Morgan fingerprint density at radius 1 is 0.708 bits per heavy atom. The first-order chi connectivity index (χ1) is 11.6. The lowest BCUT2D eigenvalue weighted by atomic mass is 10.1. The summed E-state index contributed by atoms with van der Waals surface area (Å²) in [5.41, 5.74) is 2.18. The maximum absolute atomic E-state index is 11.6. The van der Waals surface area contributed by atoms with E-state index < -0.39 is 11.9 Å². The number of esters is 2. The van der Waals surface area contributed by atoms with Crippen LogP contribution in [-0.4, -0.2) is 11.9 Å². The van der Waals surface area contributed by atoms with Gasteiger partial charge in [0.1, 0.15) is 0 Å². The van der Waals surface area contributed by atoms with E-state index in [9.17, 15) is 9.59 Å². The average Bonchev–Trinajstić information content (AvgIpc) is 2.60. The van der Waals surface area contributed by atoms with Crippen molar-refractivity contribution < 1.29 is 19.1 Å². The molecule has 0 fully saturated rings. The molecule has 4 nitrogen and oxygen atoms in total. The predicted molar refractivity (Wildman–Crippen MR) is 97.1 cm³/mol. The van der Waals surface area contributed by atoms with Crippen molar-refractivity contribution in [2.24, 2.45) is 0 Å². The van der Waals surface area contributed by atoms with E-state index in [1.165, 1.54) is 12.5 Å². The van der Waals surface area contributed by atoms with Gasteiger partial charge in [-0.3, -0.25) is 0 Å². The minimum absolute atomic E-state index is 0.569. The van der Waals surface area contributed by atoms with Crippen LogP contribution < -0.4 is 0 Å². The SMILES string of the molecule is CCCC/C(=C/OC(=O)/C=C\C(=O)O/C=C(\CC)CCCC)CC. The Balaban J connectivity index is 4.35. The number of allylic oxidation sites excluding steroid dienone is 2. The second-order valence-electron chi connectivity index (χ2n) is 5.67. The van der Waals surface area contributed by atoms with Crippen LogP contribution in [0.4, 0.5) is 0 Å². The van der Waals surface area contributed by atoms with Crippen molar-refractivity contribution in [3.05, 3.63) is 35.8 Å². The van der Waals surface area contributed by atoms with E-state index in [0.29, 0.717) is 0 Å². The van der Waals surface area contributed by atoms with E-state index in [4.69, 9.17) is 9.47 Å². The summed E-state index contributed by atoms with van der Waals surface area (Å²) in [6, 6.07) is 0. The van der Waals surface area contributed by atoms with Crippen LogP contribution in [-0.2, 0) is 19.1 Å². The van der Waals surface area contributed by atoms with Crippen LogP contribution in [0.1, 0.15) is 79.1 Å². The molecule has 0 bridgehead atoms. The van der Waals surface area contributed by atoms with Gasteiger partial charge in [0.25, 0.3) is 0 Å². The molecule has 0 radical (unpaired) electrons. The average molecular weight is 336 g/mol. The van der Waals surface area contributed by atoms with Gasteiger partial charge >= 0.3 is 11.9 Å². The van der Waals surface area contributed by atoms with Crippen LogP contribution in [0.15, 0.2) is 35.8 Å². The Morgan fingerprint density at radius 2 is 1.08 bits per heavy atom. The molecule has 4 heteroatoms. The lowest BCUT2D eigenvalue weighted by molar-refractivity contribution is -0.135. The van der Waals surface area contributed by atoms with Crippen LogP contribution in [0.2, 0.25) is 0 Å². The Bertz CT molecular complexity index is 416. The summed E-state index contributed by atoms with van der Waals surface area (Å²) in [4.78, 5) is 23.2. The first-order valence-corrected chi connectivity index (χ1v) is 9.02. The van der Waals surface area contributed by atoms with Gasteiger partial charge in [-0.25, -0.2) is 9.59 Å². The van der Waals surface area contributed by atoms with E-state index in [-0.39, 0.29) is 0 Å². The molecule has 0 atom stereocenters. The van der Waals surface area contributed by atoms with Gasteiger partial charge in [-0.1, -0.05) is 40.5 Å². The Morgan fingerprint density at radius 3 is 1.38 bits per heavy atom. The predicted octanol–water partition coefficient (Wildman–Crippen LogP) is 5.60. The molecule has 0 saturated carbocycles. The third-order valence-corrected chi connectivity index (χ3v) is 3.65. The smallest absolute Gasteiger partial charge is 0.335 e. The fourth-order valence-corrected chi connectivity index (χ4v) is 1.94.